The third kappa shape index (κ3) is 4.40. The van der Waals surface area contributed by atoms with Crippen molar-refractivity contribution in [2.24, 2.45) is 0 Å². The lowest BCUT2D eigenvalue weighted by Gasteiger charge is -2.31. The summed E-state index contributed by atoms with van der Waals surface area (Å²) in [4.78, 5) is 27.0. The minimum absolute atomic E-state index is 0.0612. The molecule has 7 heteroatoms. The van der Waals surface area contributed by atoms with Crippen molar-refractivity contribution in [1.29, 1.82) is 0 Å². The smallest absolute Gasteiger partial charge is 0.276 e. The predicted molar refractivity (Wildman–Crippen MR) is 114 cm³/mol. The number of rotatable bonds is 4. The molecule has 0 unspecified atom stereocenters. The summed E-state index contributed by atoms with van der Waals surface area (Å²) in [5.74, 6) is -0.197. The van der Waals surface area contributed by atoms with Crippen molar-refractivity contribution in [3.05, 3.63) is 77.1 Å². The molecule has 2 amide bonds. The molecule has 0 saturated carbocycles. The molecule has 1 saturated heterocycles. The Bertz CT molecular complexity index is 1030. The molecule has 4 rings (SSSR count). The van der Waals surface area contributed by atoms with Crippen LogP contribution in [-0.2, 0) is 0 Å². The van der Waals surface area contributed by atoms with Crippen LogP contribution in [0.15, 0.2) is 54.7 Å². The second-order valence-electron chi connectivity index (χ2n) is 7.79. The topological polar surface area (TPSA) is 80.1 Å². The van der Waals surface area contributed by atoms with Crippen molar-refractivity contribution >= 4 is 11.8 Å². The number of carbonyl (C=O) groups excluding carboxylic acids is 2. The van der Waals surface area contributed by atoms with Gasteiger partial charge in [0.1, 0.15) is 0 Å². The minimum atomic E-state index is -0.128. The van der Waals surface area contributed by atoms with Crippen molar-refractivity contribution in [1.82, 2.24) is 25.2 Å². The summed E-state index contributed by atoms with van der Waals surface area (Å²) in [6.07, 6.45) is 3.10. The van der Waals surface area contributed by atoms with E-state index < -0.39 is 0 Å². The van der Waals surface area contributed by atoms with E-state index in [0.717, 1.165) is 29.7 Å². The summed E-state index contributed by atoms with van der Waals surface area (Å²) < 4.78 is 1.61. The molecular weight excluding hydrogens is 378 g/mol. The van der Waals surface area contributed by atoms with Crippen LogP contribution in [-0.4, -0.2) is 50.8 Å². The second kappa shape index (κ2) is 8.49. The van der Waals surface area contributed by atoms with Crippen LogP contribution in [0.2, 0.25) is 0 Å². The number of nitrogens with zero attached hydrogens (tertiary/aromatic N) is 4. The first-order chi connectivity index (χ1) is 14.5. The Morgan fingerprint density at radius 2 is 1.53 bits per heavy atom. The Kier molecular flexibility index (Phi) is 5.61. The van der Waals surface area contributed by atoms with E-state index in [1.165, 1.54) is 0 Å². The first kappa shape index (κ1) is 19.8. The van der Waals surface area contributed by atoms with Crippen LogP contribution in [0.5, 0.6) is 0 Å². The Balaban J connectivity index is 1.33. The Morgan fingerprint density at radius 1 is 0.933 bits per heavy atom. The number of benzene rings is 2. The van der Waals surface area contributed by atoms with Gasteiger partial charge < -0.3 is 10.2 Å². The van der Waals surface area contributed by atoms with Gasteiger partial charge in [-0.1, -0.05) is 40.6 Å². The van der Waals surface area contributed by atoms with Gasteiger partial charge in [-0.2, -0.15) is 0 Å². The van der Waals surface area contributed by atoms with Crippen LogP contribution >= 0.6 is 0 Å². The van der Waals surface area contributed by atoms with Gasteiger partial charge in [0.15, 0.2) is 5.69 Å². The fraction of sp³-hybridized carbons (Fsp3) is 0.304. The number of hydrogen-bond acceptors (Lipinski definition) is 4. The summed E-state index contributed by atoms with van der Waals surface area (Å²) in [5, 5.41) is 11.2. The van der Waals surface area contributed by atoms with E-state index >= 15 is 0 Å². The van der Waals surface area contributed by atoms with E-state index in [-0.39, 0.29) is 17.9 Å². The normalized spacial score (nSPS) is 14.5. The van der Waals surface area contributed by atoms with Crippen molar-refractivity contribution in [2.75, 3.05) is 13.1 Å². The van der Waals surface area contributed by atoms with E-state index in [0.29, 0.717) is 24.3 Å². The Hall–Kier alpha value is -3.48. The highest BCUT2D eigenvalue weighted by Gasteiger charge is 2.26. The van der Waals surface area contributed by atoms with Gasteiger partial charge in [0.05, 0.1) is 11.9 Å². The summed E-state index contributed by atoms with van der Waals surface area (Å²) in [5.41, 5.74) is 4.14. The monoisotopic (exact) mass is 403 g/mol. The predicted octanol–water partition coefficient (Wildman–Crippen LogP) is 2.92. The first-order valence-electron chi connectivity index (χ1n) is 10.2. The van der Waals surface area contributed by atoms with Crippen LogP contribution in [0, 0.1) is 13.8 Å². The van der Waals surface area contributed by atoms with Gasteiger partial charge >= 0.3 is 0 Å². The standard InChI is InChI=1S/C23H25N5O2/c1-16-3-7-18(8-4-16)22(29)24-19-11-13-27(14-12-19)23(30)21-15-28(26-25-21)20-9-5-17(2)6-10-20/h3-10,15,19H,11-14H2,1-2H3,(H,24,29). The average Bonchev–Trinajstić information content (AvgIpc) is 3.25. The van der Waals surface area contributed by atoms with Crippen molar-refractivity contribution in [2.45, 2.75) is 32.7 Å². The van der Waals surface area contributed by atoms with Gasteiger partial charge in [-0.15, -0.1) is 5.10 Å². The lowest BCUT2D eigenvalue weighted by molar-refractivity contribution is 0.0692. The first-order valence-corrected chi connectivity index (χ1v) is 10.2. The van der Waals surface area contributed by atoms with Gasteiger partial charge in [-0.3, -0.25) is 9.59 Å². The molecule has 0 bridgehead atoms. The van der Waals surface area contributed by atoms with Crippen LogP contribution in [0.3, 0.4) is 0 Å². The van der Waals surface area contributed by atoms with Crippen LogP contribution in [0.25, 0.3) is 5.69 Å². The fourth-order valence-corrected chi connectivity index (χ4v) is 3.55. The van der Waals surface area contributed by atoms with E-state index in [9.17, 15) is 9.59 Å². The molecule has 1 aromatic heterocycles. The molecular formula is C23H25N5O2. The molecule has 0 radical (unpaired) electrons. The molecule has 1 aliphatic rings. The summed E-state index contributed by atoms with van der Waals surface area (Å²) >= 11 is 0. The van der Waals surface area contributed by atoms with Crippen LogP contribution in [0.4, 0.5) is 0 Å². The van der Waals surface area contributed by atoms with Crippen LogP contribution in [0.1, 0.15) is 44.8 Å². The Labute approximate surface area is 175 Å². The lowest BCUT2D eigenvalue weighted by atomic mass is 10.0. The zero-order chi connectivity index (χ0) is 21.1. The zero-order valence-electron chi connectivity index (χ0n) is 17.2. The third-order valence-corrected chi connectivity index (χ3v) is 5.44. The van der Waals surface area contributed by atoms with Gasteiger partial charge in [-0.25, -0.2) is 4.68 Å². The van der Waals surface area contributed by atoms with E-state index in [2.05, 4.69) is 15.6 Å². The highest BCUT2D eigenvalue weighted by atomic mass is 16.2. The molecule has 0 aliphatic carbocycles. The number of aryl methyl sites for hydroxylation is 2. The molecule has 154 valence electrons. The van der Waals surface area contributed by atoms with E-state index in [4.69, 9.17) is 0 Å². The van der Waals surface area contributed by atoms with Gasteiger partial charge in [0.25, 0.3) is 11.8 Å². The zero-order valence-corrected chi connectivity index (χ0v) is 17.2. The summed E-state index contributed by atoms with van der Waals surface area (Å²) in [6.45, 7) is 5.17. The lowest BCUT2D eigenvalue weighted by Crippen LogP contribution is -2.46. The van der Waals surface area contributed by atoms with E-state index in [1.54, 1.807) is 15.8 Å². The molecule has 1 N–H and O–H groups in total. The second-order valence-corrected chi connectivity index (χ2v) is 7.79. The number of aromatic nitrogens is 3. The number of piperidine rings is 1. The number of likely N-dealkylation sites (tertiary alicyclic amines) is 1. The van der Waals surface area contributed by atoms with Gasteiger partial charge in [-0.05, 0) is 51.0 Å². The third-order valence-electron chi connectivity index (χ3n) is 5.44. The molecule has 7 nitrogen and oxygen atoms in total. The highest BCUT2D eigenvalue weighted by molar-refractivity contribution is 5.94. The maximum absolute atomic E-state index is 12.8. The quantitative estimate of drug-likeness (QED) is 0.726. The SMILES string of the molecule is Cc1ccc(C(=O)NC2CCN(C(=O)c3cn(-c4ccc(C)cc4)nn3)CC2)cc1. The van der Waals surface area contributed by atoms with Crippen molar-refractivity contribution in [3.63, 3.8) is 0 Å². The summed E-state index contributed by atoms with van der Waals surface area (Å²) in [6, 6.07) is 15.5. The molecule has 0 atom stereocenters. The number of hydrogen-bond donors (Lipinski definition) is 1. The average molecular weight is 403 g/mol. The fourth-order valence-electron chi connectivity index (χ4n) is 3.55. The molecule has 2 heterocycles. The molecule has 30 heavy (non-hydrogen) atoms. The van der Waals surface area contributed by atoms with Gasteiger partial charge in [0.2, 0.25) is 0 Å². The number of amides is 2. The van der Waals surface area contributed by atoms with Crippen LogP contribution < -0.4 is 5.32 Å². The maximum atomic E-state index is 12.8. The molecule has 1 fully saturated rings. The largest absolute Gasteiger partial charge is 0.349 e. The van der Waals surface area contributed by atoms with E-state index in [1.807, 2.05) is 62.4 Å². The van der Waals surface area contributed by atoms with Gasteiger partial charge in [0, 0.05) is 24.7 Å². The maximum Gasteiger partial charge on any atom is 0.276 e. The van der Waals surface area contributed by atoms with Crippen molar-refractivity contribution in [3.8, 4) is 5.69 Å². The number of nitrogens with one attached hydrogen (secondary N) is 1. The molecule has 1 aliphatic heterocycles. The highest BCUT2D eigenvalue weighted by Crippen LogP contribution is 2.15. The van der Waals surface area contributed by atoms with Crippen molar-refractivity contribution < 1.29 is 9.59 Å². The summed E-state index contributed by atoms with van der Waals surface area (Å²) in [7, 11) is 0. The number of carbonyl (C=O) groups is 2. The minimum Gasteiger partial charge on any atom is -0.349 e. The molecule has 0 spiro atoms. The molecule has 2 aromatic carbocycles. The Morgan fingerprint density at radius 3 is 2.17 bits per heavy atom. The molecule has 3 aromatic rings.